The Morgan fingerprint density at radius 2 is 1.94 bits per heavy atom. The van der Waals surface area contributed by atoms with Gasteiger partial charge in [0, 0.05) is 18.3 Å². The van der Waals surface area contributed by atoms with Crippen LogP contribution < -0.4 is 0 Å². The van der Waals surface area contributed by atoms with E-state index in [1.54, 1.807) is 23.7 Å². The van der Waals surface area contributed by atoms with E-state index < -0.39 is 6.10 Å². The topological polar surface area (TPSA) is 38.1 Å². The van der Waals surface area contributed by atoms with Crippen LogP contribution in [0.4, 0.5) is 4.39 Å². The second kappa shape index (κ2) is 4.53. The van der Waals surface area contributed by atoms with Gasteiger partial charge >= 0.3 is 0 Å². The minimum atomic E-state index is -0.839. The minimum absolute atomic E-state index is 0.300. The largest absolute Gasteiger partial charge is 0.384 e. The molecule has 1 aromatic heterocycles. The van der Waals surface area contributed by atoms with E-state index in [9.17, 15) is 9.50 Å². The minimum Gasteiger partial charge on any atom is -0.384 e. The summed E-state index contributed by atoms with van der Waals surface area (Å²) >= 11 is 0. The van der Waals surface area contributed by atoms with Crippen molar-refractivity contribution in [1.29, 1.82) is 0 Å². The monoisotopic (exact) mass is 248 g/mol. The Balaban J connectivity index is 2.47. The van der Waals surface area contributed by atoms with Gasteiger partial charge in [0.1, 0.15) is 11.9 Å². The van der Waals surface area contributed by atoms with Crippen molar-refractivity contribution in [2.24, 2.45) is 7.05 Å². The first-order valence-corrected chi connectivity index (χ1v) is 5.86. The Labute approximate surface area is 106 Å². The Morgan fingerprint density at radius 3 is 2.44 bits per heavy atom. The zero-order valence-electron chi connectivity index (χ0n) is 11.0. The van der Waals surface area contributed by atoms with Crippen LogP contribution in [-0.4, -0.2) is 14.9 Å². The number of hydrogen-bond acceptors (Lipinski definition) is 2. The summed E-state index contributed by atoms with van der Waals surface area (Å²) in [6.07, 6.45) is -0.839. The van der Waals surface area contributed by atoms with E-state index in [0.717, 1.165) is 17.0 Å². The molecule has 0 bridgehead atoms. The number of hydrogen-bond donors (Lipinski definition) is 1. The molecule has 0 amide bonds. The van der Waals surface area contributed by atoms with Gasteiger partial charge in [-0.25, -0.2) is 4.39 Å². The molecule has 1 unspecified atom stereocenters. The van der Waals surface area contributed by atoms with E-state index in [0.29, 0.717) is 11.1 Å². The number of nitrogens with zero attached hydrogens (tertiary/aromatic N) is 2. The lowest BCUT2D eigenvalue weighted by Gasteiger charge is -2.12. The molecule has 1 heterocycles. The third-order valence-electron chi connectivity index (χ3n) is 3.35. The van der Waals surface area contributed by atoms with Crippen molar-refractivity contribution < 1.29 is 9.50 Å². The molecular weight excluding hydrogens is 231 g/mol. The maximum absolute atomic E-state index is 13.5. The van der Waals surface area contributed by atoms with Gasteiger partial charge in [-0.3, -0.25) is 4.68 Å². The average Bonchev–Trinajstić information content (AvgIpc) is 2.56. The van der Waals surface area contributed by atoms with Crippen molar-refractivity contribution in [2.45, 2.75) is 26.9 Å². The molecule has 0 saturated heterocycles. The summed E-state index contributed by atoms with van der Waals surface area (Å²) < 4.78 is 15.3. The van der Waals surface area contributed by atoms with E-state index in [-0.39, 0.29) is 5.82 Å². The molecule has 4 heteroatoms. The van der Waals surface area contributed by atoms with Gasteiger partial charge in [0.25, 0.3) is 0 Å². The predicted molar refractivity (Wildman–Crippen MR) is 67.9 cm³/mol. The van der Waals surface area contributed by atoms with Crippen LogP contribution in [0.15, 0.2) is 18.2 Å². The number of aliphatic hydroxyl groups excluding tert-OH is 1. The highest BCUT2D eigenvalue weighted by Crippen LogP contribution is 2.28. The highest BCUT2D eigenvalue weighted by atomic mass is 19.1. The van der Waals surface area contributed by atoms with Gasteiger partial charge in [0.15, 0.2) is 0 Å². The number of aliphatic hydroxyl groups is 1. The number of rotatable bonds is 2. The SMILES string of the molecule is Cc1ccc(C(O)c2c(C)nn(C)c2C)cc1F. The van der Waals surface area contributed by atoms with Gasteiger partial charge in [-0.05, 0) is 38.0 Å². The number of benzene rings is 1. The fourth-order valence-electron chi connectivity index (χ4n) is 2.13. The quantitative estimate of drug-likeness (QED) is 0.887. The van der Waals surface area contributed by atoms with E-state index in [1.807, 2.05) is 20.9 Å². The van der Waals surface area contributed by atoms with Crippen LogP contribution in [0.5, 0.6) is 0 Å². The molecule has 0 fully saturated rings. The summed E-state index contributed by atoms with van der Waals surface area (Å²) in [5, 5.41) is 14.6. The Morgan fingerprint density at radius 1 is 1.28 bits per heavy atom. The first-order valence-electron chi connectivity index (χ1n) is 5.86. The molecule has 1 aromatic carbocycles. The van der Waals surface area contributed by atoms with Crippen molar-refractivity contribution in [3.8, 4) is 0 Å². The van der Waals surface area contributed by atoms with Gasteiger partial charge in [0.05, 0.1) is 5.69 Å². The first kappa shape index (κ1) is 12.8. The molecule has 0 aliphatic carbocycles. The lowest BCUT2D eigenvalue weighted by atomic mass is 9.99. The standard InChI is InChI=1S/C14H17FN2O/c1-8-5-6-11(7-12(8)15)14(18)13-9(2)16-17(4)10(13)3/h5-7,14,18H,1-4H3. The average molecular weight is 248 g/mol. The summed E-state index contributed by atoms with van der Waals surface area (Å²) in [5.74, 6) is -0.300. The fourth-order valence-corrected chi connectivity index (χ4v) is 2.13. The van der Waals surface area contributed by atoms with Crippen molar-refractivity contribution in [3.05, 3.63) is 52.1 Å². The Bertz CT molecular complexity index is 590. The van der Waals surface area contributed by atoms with Gasteiger partial charge in [-0.1, -0.05) is 12.1 Å². The van der Waals surface area contributed by atoms with Crippen LogP contribution in [0.1, 0.15) is 34.2 Å². The number of aryl methyl sites for hydroxylation is 3. The van der Waals surface area contributed by atoms with E-state index in [1.165, 1.54) is 6.07 Å². The zero-order valence-corrected chi connectivity index (χ0v) is 11.0. The molecule has 0 aliphatic heterocycles. The molecular formula is C14H17FN2O. The van der Waals surface area contributed by atoms with Crippen LogP contribution in [0.25, 0.3) is 0 Å². The van der Waals surface area contributed by atoms with Crippen LogP contribution in [0.3, 0.4) is 0 Å². The zero-order chi connectivity index (χ0) is 13.4. The van der Waals surface area contributed by atoms with Crippen molar-refractivity contribution in [3.63, 3.8) is 0 Å². The highest BCUT2D eigenvalue weighted by Gasteiger charge is 2.20. The van der Waals surface area contributed by atoms with Crippen LogP contribution in [0, 0.1) is 26.6 Å². The molecule has 0 saturated carbocycles. The van der Waals surface area contributed by atoms with Gasteiger partial charge < -0.3 is 5.11 Å². The summed E-state index contributed by atoms with van der Waals surface area (Å²) in [6.45, 7) is 5.44. The third-order valence-corrected chi connectivity index (χ3v) is 3.35. The van der Waals surface area contributed by atoms with Crippen LogP contribution in [-0.2, 0) is 7.05 Å². The number of aromatic nitrogens is 2. The molecule has 0 radical (unpaired) electrons. The molecule has 1 N–H and O–H groups in total. The maximum atomic E-state index is 13.5. The first-order chi connectivity index (χ1) is 8.41. The Hall–Kier alpha value is -1.68. The molecule has 2 rings (SSSR count). The summed E-state index contributed by atoms with van der Waals surface area (Å²) in [6, 6.07) is 4.80. The van der Waals surface area contributed by atoms with Gasteiger partial charge in [-0.2, -0.15) is 5.10 Å². The molecule has 0 spiro atoms. The molecule has 1 atom stereocenters. The molecule has 3 nitrogen and oxygen atoms in total. The van der Waals surface area contributed by atoms with Gasteiger partial charge in [0.2, 0.25) is 0 Å². The maximum Gasteiger partial charge on any atom is 0.126 e. The molecule has 96 valence electrons. The third kappa shape index (κ3) is 2.04. The lowest BCUT2D eigenvalue weighted by molar-refractivity contribution is 0.218. The lowest BCUT2D eigenvalue weighted by Crippen LogP contribution is -2.04. The second-order valence-electron chi connectivity index (χ2n) is 4.62. The predicted octanol–water partition coefficient (Wildman–Crippen LogP) is 2.57. The molecule has 0 aliphatic rings. The van der Waals surface area contributed by atoms with Crippen LogP contribution >= 0.6 is 0 Å². The van der Waals surface area contributed by atoms with Crippen molar-refractivity contribution in [1.82, 2.24) is 9.78 Å². The van der Waals surface area contributed by atoms with E-state index >= 15 is 0 Å². The van der Waals surface area contributed by atoms with Crippen LogP contribution in [0.2, 0.25) is 0 Å². The highest BCUT2D eigenvalue weighted by molar-refractivity contribution is 5.36. The fraction of sp³-hybridized carbons (Fsp3) is 0.357. The summed E-state index contributed by atoms with van der Waals surface area (Å²) in [7, 11) is 1.83. The molecule has 2 aromatic rings. The van der Waals surface area contributed by atoms with E-state index in [4.69, 9.17) is 0 Å². The second-order valence-corrected chi connectivity index (χ2v) is 4.62. The van der Waals surface area contributed by atoms with E-state index in [2.05, 4.69) is 5.10 Å². The van der Waals surface area contributed by atoms with Crippen molar-refractivity contribution >= 4 is 0 Å². The Kier molecular flexibility index (Phi) is 3.22. The normalized spacial score (nSPS) is 12.8. The summed E-state index contributed by atoms with van der Waals surface area (Å²) in [5.41, 5.74) is 3.54. The number of halogens is 1. The molecule has 18 heavy (non-hydrogen) atoms. The van der Waals surface area contributed by atoms with Gasteiger partial charge in [-0.15, -0.1) is 0 Å². The smallest absolute Gasteiger partial charge is 0.126 e. The summed E-state index contributed by atoms with van der Waals surface area (Å²) in [4.78, 5) is 0. The van der Waals surface area contributed by atoms with Crippen molar-refractivity contribution in [2.75, 3.05) is 0 Å².